The van der Waals surface area contributed by atoms with Crippen molar-refractivity contribution in [3.8, 4) is 0 Å². The van der Waals surface area contributed by atoms with Crippen LogP contribution in [0.2, 0.25) is 0 Å². The van der Waals surface area contributed by atoms with E-state index in [1.165, 1.54) is 23.9 Å². The van der Waals surface area contributed by atoms with E-state index in [0.717, 1.165) is 23.5 Å². The molecule has 0 bridgehead atoms. The van der Waals surface area contributed by atoms with Crippen LogP contribution in [0.1, 0.15) is 20.9 Å². The SMILES string of the molecule is NC(=O)CN1CCc2nc(NC(=O)c3ccoc3)sc2C1. The molecule has 0 spiro atoms. The van der Waals surface area contributed by atoms with Crippen molar-refractivity contribution in [2.45, 2.75) is 13.0 Å². The summed E-state index contributed by atoms with van der Waals surface area (Å²) in [5, 5.41) is 3.32. The summed E-state index contributed by atoms with van der Waals surface area (Å²) in [5.41, 5.74) is 6.64. The highest BCUT2D eigenvalue weighted by Gasteiger charge is 2.22. The molecule has 0 unspecified atom stereocenters. The normalized spacial score (nSPS) is 14.7. The van der Waals surface area contributed by atoms with Crippen LogP contribution in [0.15, 0.2) is 23.0 Å². The zero-order chi connectivity index (χ0) is 14.8. The minimum atomic E-state index is -0.337. The molecule has 0 radical (unpaired) electrons. The van der Waals surface area contributed by atoms with Gasteiger partial charge in [-0.05, 0) is 6.07 Å². The summed E-state index contributed by atoms with van der Waals surface area (Å²) in [4.78, 5) is 30.4. The van der Waals surface area contributed by atoms with Crippen molar-refractivity contribution in [3.05, 3.63) is 34.7 Å². The third-order valence-electron chi connectivity index (χ3n) is 3.19. The number of carbonyl (C=O) groups is 2. The Hall–Kier alpha value is -2.19. The van der Waals surface area contributed by atoms with E-state index >= 15 is 0 Å². The highest BCUT2D eigenvalue weighted by atomic mass is 32.1. The van der Waals surface area contributed by atoms with Crippen LogP contribution in [-0.2, 0) is 17.8 Å². The summed E-state index contributed by atoms with van der Waals surface area (Å²) in [6.45, 7) is 1.63. The molecule has 8 heteroatoms. The van der Waals surface area contributed by atoms with Crippen LogP contribution in [0.3, 0.4) is 0 Å². The van der Waals surface area contributed by atoms with Crippen LogP contribution >= 0.6 is 11.3 Å². The van der Waals surface area contributed by atoms with Gasteiger partial charge in [0, 0.05) is 24.4 Å². The molecule has 3 N–H and O–H groups in total. The fraction of sp³-hybridized carbons (Fsp3) is 0.308. The number of anilines is 1. The number of furan rings is 1. The van der Waals surface area contributed by atoms with Crippen LogP contribution in [-0.4, -0.2) is 34.8 Å². The fourth-order valence-corrected chi connectivity index (χ4v) is 3.27. The number of carbonyl (C=O) groups excluding carboxylic acids is 2. The zero-order valence-corrected chi connectivity index (χ0v) is 12.0. The molecule has 1 aliphatic rings. The van der Waals surface area contributed by atoms with Crippen molar-refractivity contribution < 1.29 is 14.0 Å². The molecule has 0 aromatic carbocycles. The molecular weight excluding hydrogens is 292 g/mol. The number of primary amides is 1. The van der Waals surface area contributed by atoms with Gasteiger partial charge in [0.15, 0.2) is 5.13 Å². The number of fused-ring (bicyclic) bond motifs is 1. The van der Waals surface area contributed by atoms with Crippen molar-refractivity contribution in [2.24, 2.45) is 5.73 Å². The first-order valence-electron chi connectivity index (χ1n) is 6.44. The van der Waals surface area contributed by atoms with Gasteiger partial charge in [0.05, 0.1) is 24.1 Å². The number of nitrogens with two attached hydrogens (primary N) is 1. The number of nitrogens with zero attached hydrogens (tertiary/aromatic N) is 2. The molecule has 3 heterocycles. The Labute approximate surface area is 124 Å². The summed E-state index contributed by atoms with van der Waals surface area (Å²) in [6.07, 6.45) is 3.58. The first-order chi connectivity index (χ1) is 10.1. The van der Waals surface area contributed by atoms with Gasteiger partial charge in [-0.25, -0.2) is 4.98 Å². The lowest BCUT2D eigenvalue weighted by atomic mass is 10.2. The maximum absolute atomic E-state index is 11.9. The van der Waals surface area contributed by atoms with Gasteiger partial charge >= 0.3 is 0 Å². The number of nitrogens with one attached hydrogen (secondary N) is 1. The topological polar surface area (TPSA) is 101 Å². The maximum atomic E-state index is 11.9. The van der Waals surface area contributed by atoms with Crippen molar-refractivity contribution in [1.29, 1.82) is 0 Å². The molecule has 21 heavy (non-hydrogen) atoms. The smallest absolute Gasteiger partial charge is 0.260 e. The quantitative estimate of drug-likeness (QED) is 0.871. The Balaban J connectivity index is 1.69. The predicted molar refractivity (Wildman–Crippen MR) is 77.0 cm³/mol. The Morgan fingerprint density at radius 2 is 2.38 bits per heavy atom. The highest BCUT2D eigenvalue weighted by Crippen LogP contribution is 2.28. The number of hydrogen-bond acceptors (Lipinski definition) is 6. The second-order valence-corrected chi connectivity index (χ2v) is 5.87. The molecule has 2 amide bonds. The molecule has 0 saturated carbocycles. The maximum Gasteiger partial charge on any atom is 0.260 e. The first-order valence-corrected chi connectivity index (χ1v) is 7.26. The van der Waals surface area contributed by atoms with E-state index in [1.54, 1.807) is 6.07 Å². The minimum absolute atomic E-state index is 0.244. The van der Waals surface area contributed by atoms with Crippen molar-refractivity contribution in [2.75, 3.05) is 18.4 Å². The second-order valence-electron chi connectivity index (χ2n) is 4.78. The second kappa shape index (κ2) is 5.66. The highest BCUT2D eigenvalue weighted by molar-refractivity contribution is 7.15. The van der Waals surface area contributed by atoms with E-state index < -0.39 is 0 Å². The van der Waals surface area contributed by atoms with Crippen LogP contribution < -0.4 is 11.1 Å². The molecule has 2 aromatic heterocycles. The van der Waals surface area contributed by atoms with Crippen molar-refractivity contribution in [1.82, 2.24) is 9.88 Å². The van der Waals surface area contributed by atoms with Crippen LogP contribution in [0, 0.1) is 0 Å². The van der Waals surface area contributed by atoms with Gasteiger partial charge < -0.3 is 10.2 Å². The van der Waals surface area contributed by atoms with Gasteiger partial charge in [-0.1, -0.05) is 0 Å². The minimum Gasteiger partial charge on any atom is -0.472 e. The Morgan fingerprint density at radius 3 is 3.10 bits per heavy atom. The lowest BCUT2D eigenvalue weighted by Gasteiger charge is -2.24. The molecule has 7 nitrogen and oxygen atoms in total. The van der Waals surface area contributed by atoms with Gasteiger partial charge in [0.25, 0.3) is 5.91 Å². The van der Waals surface area contributed by atoms with Crippen molar-refractivity contribution in [3.63, 3.8) is 0 Å². The third-order valence-corrected chi connectivity index (χ3v) is 4.19. The zero-order valence-electron chi connectivity index (χ0n) is 11.2. The van der Waals surface area contributed by atoms with Gasteiger partial charge in [0.1, 0.15) is 6.26 Å². The van der Waals surface area contributed by atoms with E-state index in [4.69, 9.17) is 10.2 Å². The van der Waals surface area contributed by atoms with Crippen molar-refractivity contribution >= 4 is 28.3 Å². The van der Waals surface area contributed by atoms with Crippen LogP contribution in [0.4, 0.5) is 5.13 Å². The Kier molecular flexibility index (Phi) is 3.72. The third kappa shape index (κ3) is 3.11. The first kappa shape index (κ1) is 13.8. The van der Waals surface area contributed by atoms with E-state index in [1.807, 2.05) is 4.90 Å². The molecule has 1 aliphatic heterocycles. The summed E-state index contributed by atoms with van der Waals surface area (Å²) in [7, 11) is 0. The summed E-state index contributed by atoms with van der Waals surface area (Å²) >= 11 is 1.42. The van der Waals surface area contributed by atoms with Gasteiger partial charge in [0.2, 0.25) is 5.91 Å². The number of hydrogen-bond donors (Lipinski definition) is 2. The van der Waals surface area contributed by atoms with E-state index in [2.05, 4.69) is 10.3 Å². The van der Waals surface area contributed by atoms with E-state index in [-0.39, 0.29) is 18.4 Å². The van der Waals surface area contributed by atoms with Gasteiger partial charge in [-0.3, -0.25) is 19.8 Å². The van der Waals surface area contributed by atoms with Crippen LogP contribution in [0.25, 0.3) is 0 Å². The number of thiazole rings is 1. The average molecular weight is 306 g/mol. The Morgan fingerprint density at radius 1 is 1.52 bits per heavy atom. The Bertz CT molecular complexity index is 665. The lowest BCUT2D eigenvalue weighted by molar-refractivity contribution is -0.119. The number of rotatable bonds is 4. The van der Waals surface area contributed by atoms with Crippen LogP contribution in [0.5, 0.6) is 0 Å². The molecule has 2 aromatic rings. The largest absolute Gasteiger partial charge is 0.472 e. The number of amides is 2. The fourth-order valence-electron chi connectivity index (χ4n) is 2.22. The monoisotopic (exact) mass is 306 g/mol. The lowest BCUT2D eigenvalue weighted by Crippen LogP contribution is -2.37. The summed E-state index contributed by atoms with van der Waals surface area (Å²) in [6, 6.07) is 1.59. The van der Waals surface area contributed by atoms with Gasteiger partial charge in [-0.2, -0.15) is 0 Å². The average Bonchev–Trinajstić information content (AvgIpc) is 3.05. The van der Waals surface area contributed by atoms with Gasteiger partial charge in [-0.15, -0.1) is 11.3 Å². The van der Waals surface area contributed by atoms with E-state index in [0.29, 0.717) is 17.2 Å². The molecule has 3 rings (SSSR count). The molecule has 0 aliphatic carbocycles. The predicted octanol–water partition coefficient (Wildman–Crippen LogP) is 0.832. The standard InChI is InChI=1S/C13H14N4O3S/c14-11(18)6-17-3-1-9-10(5-17)21-13(15-9)16-12(19)8-2-4-20-7-8/h2,4,7H,1,3,5-6H2,(H2,14,18)(H,15,16,19). The summed E-state index contributed by atoms with van der Waals surface area (Å²) < 4.78 is 4.88. The number of aromatic nitrogens is 1. The molecule has 0 fully saturated rings. The molecular formula is C13H14N4O3S. The molecule has 110 valence electrons. The molecule has 0 saturated heterocycles. The molecule has 0 atom stereocenters. The van der Waals surface area contributed by atoms with E-state index in [9.17, 15) is 9.59 Å². The summed E-state index contributed by atoms with van der Waals surface area (Å²) in [5.74, 6) is -0.583.